The van der Waals surface area contributed by atoms with Crippen LogP contribution in [0.2, 0.25) is 0 Å². The van der Waals surface area contributed by atoms with Crippen LogP contribution in [0.25, 0.3) is 11.1 Å². The molecule has 0 aromatic heterocycles. The van der Waals surface area contributed by atoms with Crippen molar-refractivity contribution in [2.75, 3.05) is 0 Å². The highest BCUT2D eigenvalue weighted by Gasteiger charge is 2.39. The Morgan fingerprint density at radius 2 is 1.67 bits per heavy atom. The first-order chi connectivity index (χ1) is 11.7. The first-order valence-corrected chi connectivity index (χ1v) is 8.75. The zero-order valence-electron chi connectivity index (χ0n) is 13.9. The third-order valence-electron chi connectivity index (χ3n) is 5.45. The Labute approximate surface area is 143 Å². The van der Waals surface area contributed by atoms with E-state index in [1.165, 1.54) is 6.42 Å². The van der Waals surface area contributed by atoms with Crippen LogP contribution in [0, 0.1) is 17.8 Å². The largest absolute Gasteiger partial charge is 0.459 e. The maximum absolute atomic E-state index is 12.4. The maximum atomic E-state index is 12.4. The fourth-order valence-electron chi connectivity index (χ4n) is 4.12. The molecule has 0 spiro atoms. The average Bonchev–Trinajstić information content (AvgIpc) is 3.26. The van der Waals surface area contributed by atoms with Crippen molar-refractivity contribution < 1.29 is 9.53 Å². The van der Waals surface area contributed by atoms with Gasteiger partial charge in [0.05, 0.1) is 5.56 Å². The Morgan fingerprint density at radius 1 is 0.958 bits per heavy atom. The molecule has 0 saturated heterocycles. The number of ether oxygens (including phenoxy) is 1. The summed E-state index contributed by atoms with van der Waals surface area (Å²) in [5, 5.41) is 0. The predicted octanol–water partition coefficient (Wildman–Crippen LogP) is 5.11. The summed E-state index contributed by atoms with van der Waals surface area (Å²) in [6.07, 6.45) is 6.99. The number of allylic oxidation sites excluding steroid dienone is 2. The first-order valence-electron chi connectivity index (χ1n) is 8.75. The van der Waals surface area contributed by atoms with Crippen molar-refractivity contribution in [3.8, 4) is 11.1 Å². The highest BCUT2D eigenvalue weighted by Crippen LogP contribution is 2.45. The summed E-state index contributed by atoms with van der Waals surface area (Å²) in [6.45, 7) is 2.04. The Kier molecular flexibility index (Phi) is 3.97. The van der Waals surface area contributed by atoms with Crippen molar-refractivity contribution in [1.29, 1.82) is 0 Å². The van der Waals surface area contributed by atoms with Gasteiger partial charge in [0, 0.05) is 5.92 Å². The molecule has 0 heterocycles. The summed E-state index contributed by atoms with van der Waals surface area (Å²) in [5.74, 6) is 1.56. The normalized spacial score (nSPS) is 25.6. The number of esters is 1. The van der Waals surface area contributed by atoms with E-state index >= 15 is 0 Å². The van der Waals surface area contributed by atoms with E-state index in [4.69, 9.17) is 4.74 Å². The molecule has 24 heavy (non-hydrogen) atoms. The maximum Gasteiger partial charge on any atom is 0.338 e. The molecule has 0 radical (unpaired) electrons. The van der Waals surface area contributed by atoms with Crippen LogP contribution >= 0.6 is 0 Å². The molecule has 122 valence electrons. The zero-order valence-corrected chi connectivity index (χ0v) is 13.9. The summed E-state index contributed by atoms with van der Waals surface area (Å²) >= 11 is 0. The van der Waals surface area contributed by atoms with E-state index < -0.39 is 0 Å². The van der Waals surface area contributed by atoms with Gasteiger partial charge in [-0.25, -0.2) is 4.79 Å². The summed E-state index contributed by atoms with van der Waals surface area (Å²) in [6, 6.07) is 17.9. The van der Waals surface area contributed by atoms with E-state index in [0.29, 0.717) is 23.3 Å². The Morgan fingerprint density at radius 3 is 2.29 bits per heavy atom. The summed E-state index contributed by atoms with van der Waals surface area (Å²) in [5.41, 5.74) is 2.89. The molecule has 2 aliphatic rings. The van der Waals surface area contributed by atoms with Gasteiger partial charge in [0.15, 0.2) is 0 Å². The van der Waals surface area contributed by atoms with Gasteiger partial charge in [-0.15, -0.1) is 0 Å². The molecular formula is C22H22O2. The van der Waals surface area contributed by atoms with Crippen molar-refractivity contribution in [1.82, 2.24) is 0 Å². The van der Waals surface area contributed by atoms with Crippen LogP contribution in [0.15, 0.2) is 66.7 Å². The number of hydrogen-bond donors (Lipinski definition) is 0. The number of benzene rings is 2. The fourth-order valence-corrected chi connectivity index (χ4v) is 4.12. The minimum atomic E-state index is -0.214. The Balaban J connectivity index is 1.42. The molecule has 4 unspecified atom stereocenters. The molecular weight excluding hydrogens is 296 g/mol. The molecule has 2 aliphatic carbocycles. The molecule has 0 N–H and O–H groups in total. The van der Waals surface area contributed by atoms with E-state index in [2.05, 4.69) is 24.3 Å². The molecule has 2 heteroatoms. The zero-order chi connectivity index (χ0) is 16.5. The quantitative estimate of drug-likeness (QED) is 0.578. The lowest BCUT2D eigenvalue weighted by Gasteiger charge is -2.25. The number of carbonyl (C=O) groups is 1. The highest BCUT2D eigenvalue weighted by atomic mass is 16.5. The first kappa shape index (κ1) is 15.2. The molecule has 2 aromatic carbocycles. The summed E-state index contributed by atoms with van der Waals surface area (Å²) < 4.78 is 5.75. The van der Waals surface area contributed by atoms with Crippen molar-refractivity contribution in [3.63, 3.8) is 0 Å². The second kappa shape index (κ2) is 6.27. The second-order valence-corrected chi connectivity index (χ2v) is 7.00. The van der Waals surface area contributed by atoms with E-state index in [1.807, 2.05) is 49.4 Å². The third-order valence-corrected chi connectivity index (χ3v) is 5.45. The van der Waals surface area contributed by atoms with Gasteiger partial charge in [0.1, 0.15) is 6.10 Å². The Bertz CT molecular complexity index is 745. The van der Waals surface area contributed by atoms with E-state index in [1.54, 1.807) is 0 Å². The monoisotopic (exact) mass is 318 g/mol. The van der Waals surface area contributed by atoms with Crippen LogP contribution in [0.5, 0.6) is 0 Å². The van der Waals surface area contributed by atoms with E-state index in [0.717, 1.165) is 17.5 Å². The smallest absolute Gasteiger partial charge is 0.338 e. The minimum Gasteiger partial charge on any atom is -0.459 e. The lowest BCUT2D eigenvalue weighted by Crippen LogP contribution is -2.27. The molecule has 0 aliphatic heterocycles. The summed E-state index contributed by atoms with van der Waals surface area (Å²) in [7, 11) is 0. The molecule has 1 fully saturated rings. The van der Waals surface area contributed by atoms with Crippen LogP contribution in [0.3, 0.4) is 0 Å². The fraction of sp³-hybridized carbons (Fsp3) is 0.318. The number of rotatable bonds is 4. The van der Waals surface area contributed by atoms with E-state index in [-0.39, 0.29) is 12.1 Å². The molecule has 2 nitrogen and oxygen atoms in total. The average molecular weight is 318 g/mol. The molecule has 1 saturated carbocycles. The predicted molar refractivity (Wildman–Crippen MR) is 95.6 cm³/mol. The lowest BCUT2D eigenvalue weighted by molar-refractivity contribution is 0.0160. The van der Waals surface area contributed by atoms with Gasteiger partial charge in [0.25, 0.3) is 0 Å². The standard InChI is InChI=1S/C22H22O2/c1-15(21-14-16-7-8-20(21)13-16)24-22(23)19-11-9-18(10-12-19)17-5-3-2-4-6-17/h2-12,15-16,20-21H,13-14H2,1H3. The summed E-state index contributed by atoms with van der Waals surface area (Å²) in [4.78, 5) is 12.4. The SMILES string of the molecule is CC(OC(=O)c1ccc(-c2ccccc2)cc1)C1CC2C=CC1C2. The molecule has 2 aromatic rings. The van der Waals surface area contributed by atoms with Gasteiger partial charge in [-0.3, -0.25) is 0 Å². The van der Waals surface area contributed by atoms with Crippen LogP contribution in [-0.2, 0) is 4.74 Å². The van der Waals surface area contributed by atoms with Gasteiger partial charge >= 0.3 is 5.97 Å². The van der Waals surface area contributed by atoms with Gasteiger partial charge in [-0.05, 0) is 54.9 Å². The molecule has 4 atom stereocenters. The second-order valence-electron chi connectivity index (χ2n) is 7.00. The van der Waals surface area contributed by atoms with Gasteiger partial charge in [-0.1, -0.05) is 54.6 Å². The van der Waals surface area contributed by atoms with Crippen LogP contribution in [0.1, 0.15) is 30.1 Å². The van der Waals surface area contributed by atoms with Crippen LogP contribution in [-0.4, -0.2) is 12.1 Å². The van der Waals surface area contributed by atoms with Crippen LogP contribution in [0.4, 0.5) is 0 Å². The van der Waals surface area contributed by atoms with Crippen molar-refractivity contribution >= 4 is 5.97 Å². The third kappa shape index (κ3) is 2.89. The van der Waals surface area contributed by atoms with Crippen molar-refractivity contribution in [2.45, 2.75) is 25.9 Å². The minimum absolute atomic E-state index is 0.0220. The van der Waals surface area contributed by atoms with Gasteiger partial charge in [0.2, 0.25) is 0 Å². The van der Waals surface area contributed by atoms with E-state index in [9.17, 15) is 4.79 Å². The molecule has 4 rings (SSSR count). The van der Waals surface area contributed by atoms with Gasteiger partial charge in [-0.2, -0.15) is 0 Å². The number of hydrogen-bond acceptors (Lipinski definition) is 2. The lowest BCUT2D eigenvalue weighted by atomic mass is 9.89. The topological polar surface area (TPSA) is 26.3 Å². The molecule has 2 bridgehead atoms. The van der Waals surface area contributed by atoms with Crippen LogP contribution < -0.4 is 0 Å². The molecule has 0 amide bonds. The van der Waals surface area contributed by atoms with Crippen molar-refractivity contribution in [3.05, 3.63) is 72.3 Å². The number of carbonyl (C=O) groups excluding carboxylic acids is 1. The van der Waals surface area contributed by atoms with Gasteiger partial charge < -0.3 is 4.74 Å². The Hall–Kier alpha value is -2.35. The van der Waals surface area contributed by atoms with Crippen molar-refractivity contribution in [2.24, 2.45) is 17.8 Å². The highest BCUT2D eigenvalue weighted by molar-refractivity contribution is 5.90. The number of fused-ring (bicyclic) bond motifs is 2.